The number of rotatable bonds is 14. The maximum Gasteiger partial charge on any atom is 0.341 e. The van der Waals surface area contributed by atoms with Crippen molar-refractivity contribution in [3.05, 3.63) is 23.8 Å². The minimum atomic E-state index is -0.747. The van der Waals surface area contributed by atoms with Gasteiger partial charge in [0, 0.05) is 17.8 Å². The van der Waals surface area contributed by atoms with Crippen molar-refractivity contribution in [2.75, 3.05) is 6.61 Å². The first-order chi connectivity index (χ1) is 11.9. The lowest BCUT2D eigenvalue weighted by Gasteiger charge is -2.08. The SMILES string of the molecule is C=C(C)C(=O)OC(=O)C(C)=CC(O)CCCCCCCCCCCO. The molecule has 0 saturated heterocycles. The Kier molecular flexibility index (Phi) is 14.0. The quantitative estimate of drug-likeness (QED) is 0.214. The van der Waals surface area contributed by atoms with Crippen molar-refractivity contribution < 1.29 is 24.5 Å². The summed E-state index contributed by atoms with van der Waals surface area (Å²) in [5.41, 5.74) is 0.389. The molecule has 0 spiro atoms. The fraction of sp³-hybridized carbons (Fsp3) is 0.700. The van der Waals surface area contributed by atoms with Crippen molar-refractivity contribution in [2.24, 2.45) is 0 Å². The zero-order valence-electron chi connectivity index (χ0n) is 15.8. The summed E-state index contributed by atoms with van der Waals surface area (Å²) in [4.78, 5) is 22.9. The lowest BCUT2D eigenvalue weighted by Crippen LogP contribution is -2.15. The maximum atomic E-state index is 11.7. The van der Waals surface area contributed by atoms with Crippen LogP contribution in [0, 0.1) is 0 Å². The summed E-state index contributed by atoms with van der Waals surface area (Å²) in [7, 11) is 0. The molecule has 0 radical (unpaired) electrons. The van der Waals surface area contributed by atoms with Crippen LogP contribution in [0.5, 0.6) is 0 Å². The number of carbonyl (C=O) groups is 2. The Bertz CT molecular complexity index is 439. The van der Waals surface area contributed by atoms with Gasteiger partial charge in [0.25, 0.3) is 0 Å². The van der Waals surface area contributed by atoms with E-state index in [1.54, 1.807) is 0 Å². The summed E-state index contributed by atoms with van der Waals surface area (Å²) in [6, 6.07) is 0. The van der Waals surface area contributed by atoms with Crippen molar-refractivity contribution in [2.45, 2.75) is 84.2 Å². The number of hydrogen-bond donors (Lipinski definition) is 2. The Morgan fingerprint density at radius 2 is 1.40 bits per heavy atom. The molecule has 2 N–H and O–H groups in total. The normalized spacial score (nSPS) is 12.7. The largest absolute Gasteiger partial charge is 0.396 e. The summed E-state index contributed by atoms with van der Waals surface area (Å²) in [5, 5.41) is 18.6. The fourth-order valence-corrected chi connectivity index (χ4v) is 2.39. The first-order valence-electron chi connectivity index (χ1n) is 9.27. The summed E-state index contributed by atoms with van der Waals surface area (Å²) in [6.07, 6.45) is 11.3. The molecule has 5 nitrogen and oxygen atoms in total. The lowest BCUT2D eigenvalue weighted by atomic mass is 10.0. The maximum absolute atomic E-state index is 11.7. The van der Waals surface area contributed by atoms with E-state index in [2.05, 4.69) is 11.3 Å². The van der Waals surface area contributed by atoms with E-state index in [0.717, 1.165) is 32.1 Å². The summed E-state index contributed by atoms with van der Waals surface area (Å²) < 4.78 is 4.61. The molecule has 25 heavy (non-hydrogen) atoms. The molecule has 1 atom stereocenters. The van der Waals surface area contributed by atoms with Crippen LogP contribution in [0.2, 0.25) is 0 Å². The van der Waals surface area contributed by atoms with Gasteiger partial charge >= 0.3 is 11.9 Å². The van der Waals surface area contributed by atoms with Gasteiger partial charge in [-0.2, -0.15) is 0 Å². The molecule has 0 aliphatic carbocycles. The molecule has 0 aromatic heterocycles. The Balaban J connectivity index is 3.77. The monoisotopic (exact) mass is 354 g/mol. The van der Waals surface area contributed by atoms with Gasteiger partial charge in [-0.25, -0.2) is 9.59 Å². The fourth-order valence-electron chi connectivity index (χ4n) is 2.39. The molecule has 0 saturated carbocycles. The molecule has 0 amide bonds. The predicted octanol–water partition coefficient (Wildman–Crippen LogP) is 3.83. The number of carbonyl (C=O) groups excluding carboxylic acids is 2. The van der Waals surface area contributed by atoms with Crippen LogP contribution in [0.4, 0.5) is 0 Å². The number of hydrogen-bond acceptors (Lipinski definition) is 5. The molecule has 0 aromatic rings. The molecule has 0 aliphatic rings. The zero-order chi connectivity index (χ0) is 19.1. The van der Waals surface area contributed by atoms with Crippen molar-refractivity contribution in [1.82, 2.24) is 0 Å². The van der Waals surface area contributed by atoms with Crippen LogP contribution in [0.15, 0.2) is 23.8 Å². The van der Waals surface area contributed by atoms with Gasteiger partial charge in [-0.05, 0) is 32.8 Å². The van der Waals surface area contributed by atoms with Crippen LogP contribution in [0.25, 0.3) is 0 Å². The van der Waals surface area contributed by atoms with Crippen LogP contribution in [-0.4, -0.2) is 34.9 Å². The van der Waals surface area contributed by atoms with Crippen LogP contribution in [0.1, 0.15) is 78.1 Å². The molecule has 0 fully saturated rings. The second-order valence-corrected chi connectivity index (χ2v) is 6.57. The van der Waals surface area contributed by atoms with Gasteiger partial charge < -0.3 is 14.9 Å². The van der Waals surface area contributed by atoms with Gasteiger partial charge in [0.1, 0.15) is 0 Å². The average Bonchev–Trinajstić information content (AvgIpc) is 2.56. The smallest absolute Gasteiger partial charge is 0.341 e. The minimum absolute atomic E-state index is 0.162. The number of unbranched alkanes of at least 4 members (excludes halogenated alkanes) is 8. The van der Waals surface area contributed by atoms with Gasteiger partial charge in [0.2, 0.25) is 0 Å². The van der Waals surface area contributed by atoms with Crippen LogP contribution < -0.4 is 0 Å². The second-order valence-electron chi connectivity index (χ2n) is 6.57. The number of aliphatic hydroxyl groups excluding tert-OH is 2. The Morgan fingerprint density at radius 3 is 1.88 bits per heavy atom. The predicted molar refractivity (Wildman–Crippen MR) is 98.9 cm³/mol. The van der Waals surface area contributed by atoms with E-state index in [0.29, 0.717) is 6.42 Å². The van der Waals surface area contributed by atoms with E-state index < -0.39 is 18.0 Å². The molecule has 0 heterocycles. The number of esters is 2. The highest BCUT2D eigenvalue weighted by atomic mass is 16.6. The molecular formula is C20H34O5. The third-order valence-electron chi connectivity index (χ3n) is 3.96. The molecule has 1 unspecified atom stereocenters. The standard InChI is InChI=1S/C20H34O5/c1-16(2)19(23)25-20(24)17(3)15-18(22)13-11-9-7-5-4-6-8-10-12-14-21/h15,18,21-22H,1,4-14H2,2-3H3. The second kappa shape index (κ2) is 14.8. The molecule has 0 aromatic carbocycles. The van der Waals surface area contributed by atoms with Gasteiger partial charge in [0.05, 0.1) is 6.10 Å². The molecule has 0 aliphatic heterocycles. The minimum Gasteiger partial charge on any atom is -0.396 e. The molecule has 0 rings (SSSR count). The van der Waals surface area contributed by atoms with E-state index in [4.69, 9.17) is 5.11 Å². The van der Waals surface area contributed by atoms with Crippen molar-refractivity contribution in [3.8, 4) is 0 Å². The molecule has 144 valence electrons. The van der Waals surface area contributed by atoms with Gasteiger partial charge in [0.15, 0.2) is 0 Å². The Labute approximate surface area is 151 Å². The van der Waals surface area contributed by atoms with E-state index >= 15 is 0 Å². The van der Waals surface area contributed by atoms with E-state index in [-0.39, 0.29) is 17.8 Å². The third kappa shape index (κ3) is 13.5. The zero-order valence-corrected chi connectivity index (χ0v) is 15.8. The first-order valence-corrected chi connectivity index (χ1v) is 9.27. The highest BCUT2D eigenvalue weighted by Crippen LogP contribution is 2.12. The Hall–Kier alpha value is -1.46. The summed E-state index contributed by atoms with van der Waals surface area (Å²) in [5.74, 6) is -1.49. The number of ether oxygens (including phenoxy) is 1. The highest BCUT2D eigenvalue weighted by Gasteiger charge is 2.14. The van der Waals surface area contributed by atoms with E-state index in [1.807, 2.05) is 0 Å². The molecular weight excluding hydrogens is 320 g/mol. The van der Waals surface area contributed by atoms with E-state index in [9.17, 15) is 14.7 Å². The van der Waals surface area contributed by atoms with Crippen LogP contribution in [-0.2, 0) is 14.3 Å². The first kappa shape index (κ1) is 23.5. The summed E-state index contributed by atoms with van der Waals surface area (Å²) in [6.45, 7) is 6.69. The van der Waals surface area contributed by atoms with Crippen molar-refractivity contribution in [3.63, 3.8) is 0 Å². The molecule has 5 heteroatoms. The van der Waals surface area contributed by atoms with Crippen molar-refractivity contribution in [1.29, 1.82) is 0 Å². The molecule has 0 bridgehead atoms. The van der Waals surface area contributed by atoms with Crippen molar-refractivity contribution >= 4 is 11.9 Å². The van der Waals surface area contributed by atoms with Gasteiger partial charge in [-0.3, -0.25) is 0 Å². The van der Waals surface area contributed by atoms with E-state index in [1.165, 1.54) is 45.6 Å². The Morgan fingerprint density at radius 1 is 0.920 bits per heavy atom. The van der Waals surface area contributed by atoms with Crippen LogP contribution >= 0.6 is 0 Å². The average molecular weight is 354 g/mol. The third-order valence-corrected chi connectivity index (χ3v) is 3.96. The van der Waals surface area contributed by atoms with Gasteiger partial charge in [-0.15, -0.1) is 0 Å². The van der Waals surface area contributed by atoms with Gasteiger partial charge in [-0.1, -0.05) is 57.9 Å². The lowest BCUT2D eigenvalue weighted by molar-refractivity contribution is -0.154. The van der Waals surface area contributed by atoms with Crippen LogP contribution in [0.3, 0.4) is 0 Å². The summed E-state index contributed by atoms with van der Waals surface area (Å²) >= 11 is 0. The topological polar surface area (TPSA) is 83.8 Å². The highest BCUT2D eigenvalue weighted by molar-refractivity contribution is 6.01. The number of aliphatic hydroxyl groups is 2.